The molecule has 0 bridgehead atoms. The van der Waals surface area contributed by atoms with Crippen LogP contribution in [0.2, 0.25) is 5.02 Å². The van der Waals surface area contributed by atoms with Crippen LogP contribution >= 0.6 is 11.6 Å². The Kier molecular flexibility index (Phi) is 5.52. The van der Waals surface area contributed by atoms with Crippen LogP contribution in [0, 0.1) is 5.92 Å². The van der Waals surface area contributed by atoms with Crippen molar-refractivity contribution in [3.05, 3.63) is 47.1 Å². The molecule has 1 aromatic carbocycles. The van der Waals surface area contributed by atoms with E-state index >= 15 is 0 Å². The fourth-order valence-electron chi connectivity index (χ4n) is 2.47. The molecule has 0 spiro atoms. The first-order chi connectivity index (χ1) is 12.4. The van der Waals surface area contributed by atoms with Gasteiger partial charge in [-0.1, -0.05) is 30.7 Å². The van der Waals surface area contributed by atoms with Crippen molar-refractivity contribution in [2.75, 3.05) is 6.61 Å². The van der Waals surface area contributed by atoms with E-state index in [0.717, 1.165) is 17.5 Å². The molecule has 26 heavy (non-hydrogen) atoms. The zero-order valence-corrected chi connectivity index (χ0v) is 16.3. The maximum Gasteiger partial charge on any atom is 0.270 e. The number of amides is 1. The molecule has 2 aromatic rings. The summed E-state index contributed by atoms with van der Waals surface area (Å²) in [5.41, 5.74) is 1.93. The third-order valence-corrected chi connectivity index (χ3v) is 4.99. The van der Waals surface area contributed by atoms with Crippen molar-refractivity contribution >= 4 is 17.5 Å². The van der Waals surface area contributed by atoms with Crippen molar-refractivity contribution in [1.82, 2.24) is 10.3 Å². The second-order valence-electron chi connectivity index (χ2n) is 7.50. The van der Waals surface area contributed by atoms with Gasteiger partial charge in [0.1, 0.15) is 5.69 Å². The van der Waals surface area contributed by atoms with Gasteiger partial charge in [0.25, 0.3) is 5.91 Å². The highest BCUT2D eigenvalue weighted by molar-refractivity contribution is 6.30. The molecule has 1 N–H and O–H groups in total. The van der Waals surface area contributed by atoms with Crippen LogP contribution in [0.25, 0.3) is 11.1 Å². The van der Waals surface area contributed by atoms with Gasteiger partial charge in [-0.05, 0) is 68.9 Å². The number of hydrogen-bond donors (Lipinski definition) is 1. The zero-order chi connectivity index (χ0) is 18.7. The van der Waals surface area contributed by atoms with Crippen molar-refractivity contribution in [2.45, 2.75) is 45.6 Å². The van der Waals surface area contributed by atoms with E-state index in [2.05, 4.69) is 10.3 Å². The molecule has 3 rings (SSSR count). The first kappa shape index (κ1) is 18.7. The molecule has 0 aliphatic heterocycles. The largest absolute Gasteiger partial charge is 0.477 e. The third kappa shape index (κ3) is 4.76. The van der Waals surface area contributed by atoms with Crippen molar-refractivity contribution in [3.8, 4) is 17.0 Å². The minimum atomic E-state index is -0.275. The number of nitrogens with zero attached hydrogens (tertiary/aromatic N) is 1. The predicted octanol–water partition coefficient (Wildman–Crippen LogP) is 5.11. The van der Waals surface area contributed by atoms with E-state index in [-0.39, 0.29) is 11.4 Å². The molecule has 5 heteroatoms. The van der Waals surface area contributed by atoms with Gasteiger partial charge in [0, 0.05) is 16.1 Å². The summed E-state index contributed by atoms with van der Waals surface area (Å²) < 4.78 is 5.97. The van der Waals surface area contributed by atoms with Crippen LogP contribution in [0.5, 0.6) is 5.88 Å². The fraction of sp³-hybridized carbons (Fsp3) is 0.429. The summed E-state index contributed by atoms with van der Waals surface area (Å²) in [4.78, 5) is 17.1. The molecule has 1 fully saturated rings. The molecular formula is C21H25ClN2O2. The van der Waals surface area contributed by atoms with Crippen LogP contribution in [0.4, 0.5) is 0 Å². The molecule has 138 valence electrons. The molecule has 1 amide bonds. The van der Waals surface area contributed by atoms with Crippen molar-refractivity contribution in [1.29, 1.82) is 0 Å². The van der Waals surface area contributed by atoms with E-state index < -0.39 is 0 Å². The minimum absolute atomic E-state index is 0.184. The summed E-state index contributed by atoms with van der Waals surface area (Å²) in [7, 11) is 0. The summed E-state index contributed by atoms with van der Waals surface area (Å²) in [5.74, 6) is 0.920. The first-order valence-corrected chi connectivity index (χ1v) is 9.48. The lowest BCUT2D eigenvalue weighted by molar-refractivity contribution is 0.0905. The van der Waals surface area contributed by atoms with Crippen molar-refractivity contribution < 1.29 is 9.53 Å². The minimum Gasteiger partial charge on any atom is -0.477 e. The number of pyridine rings is 1. The van der Waals surface area contributed by atoms with Crippen molar-refractivity contribution in [3.63, 3.8) is 0 Å². The Balaban J connectivity index is 1.89. The van der Waals surface area contributed by atoms with E-state index in [1.54, 1.807) is 6.07 Å². The normalized spacial score (nSPS) is 14.2. The van der Waals surface area contributed by atoms with Gasteiger partial charge in [-0.3, -0.25) is 4.79 Å². The number of benzene rings is 1. The predicted molar refractivity (Wildman–Crippen MR) is 105 cm³/mol. The number of carbonyl (C=O) groups excluding carboxylic acids is 1. The van der Waals surface area contributed by atoms with Gasteiger partial charge in [0.05, 0.1) is 6.61 Å². The number of carbonyl (C=O) groups is 1. The number of nitrogens with one attached hydrogen (secondary N) is 1. The number of rotatable bonds is 7. The smallest absolute Gasteiger partial charge is 0.270 e. The molecule has 1 aliphatic carbocycles. The van der Waals surface area contributed by atoms with E-state index in [1.807, 2.05) is 51.1 Å². The standard InChI is InChI=1S/C21H25ClN2O2/c1-4-21(2,3)24-19(25)18-12-11-17(15-7-9-16(22)10-8-15)20(23-18)26-13-14-5-6-14/h7-12,14H,4-6,13H2,1-3H3,(H,24,25). The lowest BCUT2D eigenvalue weighted by atomic mass is 10.0. The van der Waals surface area contributed by atoms with Crippen LogP contribution < -0.4 is 10.1 Å². The van der Waals surface area contributed by atoms with E-state index in [4.69, 9.17) is 16.3 Å². The Bertz CT molecular complexity index is 783. The van der Waals surface area contributed by atoms with Gasteiger partial charge in [0.2, 0.25) is 5.88 Å². The highest BCUT2D eigenvalue weighted by atomic mass is 35.5. The molecule has 0 unspecified atom stereocenters. The van der Waals surface area contributed by atoms with Gasteiger partial charge in [-0.15, -0.1) is 0 Å². The van der Waals surface area contributed by atoms with Gasteiger partial charge >= 0.3 is 0 Å². The second kappa shape index (κ2) is 7.67. The molecule has 1 aromatic heterocycles. The average Bonchev–Trinajstić information content (AvgIpc) is 3.44. The van der Waals surface area contributed by atoms with Crippen molar-refractivity contribution in [2.24, 2.45) is 5.92 Å². The number of ether oxygens (including phenoxy) is 1. The third-order valence-electron chi connectivity index (χ3n) is 4.74. The van der Waals surface area contributed by atoms with Crippen LogP contribution in [-0.4, -0.2) is 23.0 Å². The number of hydrogen-bond acceptors (Lipinski definition) is 3. The maximum atomic E-state index is 12.6. The molecule has 4 nitrogen and oxygen atoms in total. The monoisotopic (exact) mass is 372 g/mol. The molecule has 0 radical (unpaired) electrons. The second-order valence-corrected chi connectivity index (χ2v) is 7.94. The van der Waals surface area contributed by atoms with Gasteiger partial charge < -0.3 is 10.1 Å². The lowest BCUT2D eigenvalue weighted by Crippen LogP contribution is -2.43. The van der Waals surface area contributed by atoms with Crippen LogP contribution in [0.1, 0.15) is 50.5 Å². The summed E-state index contributed by atoms with van der Waals surface area (Å²) >= 11 is 5.99. The Morgan fingerprint density at radius 2 is 1.92 bits per heavy atom. The summed E-state index contributed by atoms with van der Waals surface area (Å²) in [6.07, 6.45) is 3.23. The molecule has 1 heterocycles. The Morgan fingerprint density at radius 3 is 2.54 bits per heavy atom. The summed E-state index contributed by atoms with van der Waals surface area (Å²) in [6.45, 7) is 6.68. The SMILES string of the molecule is CCC(C)(C)NC(=O)c1ccc(-c2ccc(Cl)cc2)c(OCC2CC2)n1. The molecule has 1 saturated carbocycles. The van der Waals surface area contributed by atoms with Crippen LogP contribution in [0.3, 0.4) is 0 Å². The molecule has 0 atom stereocenters. The van der Waals surface area contributed by atoms with Gasteiger partial charge in [-0.2, -0.15) is 0 Å². The zero-order valence-electron chi connectivity index (χ0n) is 15.5. The first-order valence-electron chi connectivity index (χ1n) is 9.10. The Labute approximate surface area is 159 Å². The molecular weight excluding hydrogens is 348 g/mol. The lowest BCUT2D eigenvalue weighted by Gasteiger charge is -2.24. The topological polar surface area (TPSA) is 51.2 Å². The van der Waals surface area contributed by atoms with Gasteiger partial charge in [0.15, 0.2) is 0 Å². The van der Waals surface area contributed by atoms with E-state index in [0.29, 0.717) is 29.1 Å². The summed E-state index contributed by atoms with van der Waals surface area (Å²) in [5, 5.41) is 3.70. The number of halogens is 1. The van der Waals surface area contributed by atoms with Gasteiger partial charge in [-0.25, -0.2) is 4.98 Å². The highest BCUT2D eigenvalue weighted by Crippen LogP contribution is 2.33. The quantitative estimate of drug-likeness (QED) is 0.734. The summed E-state index contributed by atoms with van der Waals surface area (Å²) in [6, 6.07) is 11.2. The van der Waals surface area contributed by atoms with E-state index in [9.17, 15) is 4.79 Å². The fourth-order valence-corrected chi connectivity index (χ4v) is 2.59. The molecule has 1 aliphatic rings. The highest BCUT2D eigenvalue weighted by Gasteiger charge is 2.24. The number of aromatic nitrogens is 1. The Hall–Kier alpha value is -2.07. The van der Waals surface area contributed by atoms with E-state index in [1.165, 1.54) is 12.8 Å². The van der Waals surface area contributed by atoms with Crippen LogP contribution in [-0.2, 0) is 0 Å². The van der Waals surface area contributed by atoms with Crippen LogP contribution in [0.15, 0.2) is 36.4 Å². The maximum absolute atomic E-state index is 12.6. The molecule has 0 saturated heterocycles. The Morgan fingerprint density at radius 1 is 1.23 bits per heavy atom. The average molecular weight is 373 g/mol.